The van der Waals surface area contributed by atoms with Crippen LogP contribution in [0.25, 0.3) is 32.7 Å². The third-order valence-corrected chi connectivity index (χ3v) is 10.9. The number of aromatic nitrogens is 7. The van der Waals surface area contributed by atoms with Crippen molar-refractivity contribution in [1.82, 2.24) is 45.1 Å². The van der Waals surface area contributed by atoms with E-state index in [2.05, 4.69) is 64.0 Å². The molecule has 18 nitrogen and oxygen atoms in total. The van der Waals surface area contributed by atoms with Crippen LogP contribution in [0, 0.1) is 12.3 Å². The molecule has 0 unspecified atom stereocenters. The van der Waals surface area contributed by atoms with Crippen molar-refractivity contribution in [3.63, 3.8) is 0 Å². The van der Waals surface area contributed by atoms with Crippen molar-refractivity contribution in [3.8, 4) is 34.6 Å². The van der Waals surface area contributed by atoms with E-state index in [1.54, 1.807) is 29.2 Å². The summed E-state index contributed by atoms with van der Waals surface area (Å²) in [5.74, 6) is 2.99. The first-order valence-corrected chi connectivity index (χ1v) is 24.4. The normalized spacial score (nSPS) is 10.5. The fourth-order valence-corrected chi connectivity index (χ4v) is 7.24. The summed E-state index contributed by atoms with van der Waals surface area (Å²) in [6.07, 6.45) is 19.8. The first kappa shape index (κ1) is 58.2. The average Bonchev–Trinajstić information content (AvgIpc) is 4.14. The number of anilines is 2. The maximum atomic E-state index is 12.4. The Hall–Kier alpha value is -8.39. The molecule has 3 aromatic heterocycles. The van der Waals surface area contributed by atoms with Gasteiger partial charge < -0.3 is 31.8 Å². The van der Waals surface area contributed by atoms with E-state index >= 15 is 0 Å². The number of imidazole rings is 2. The Morgan fingerprint density at radius 1 is 0.743 bits per heavy atom. The van der Waals surface area contributed by atoms with Crippen molar-refractivity contribution in [1.29, 1.82) is 0 Å². The molecule has 4 aromatic carbocycles. The second kappa shape index (κ2) is 31.2. The monoisotopic (exact) mass is 1020 g/mol. The third kappa shape index (κ3) is 20.8. The largest absolute Gasteiger partial charge is 0.443 e. The van der Waals surface area contributed by atoms with Gasteiger partial charge in [0.15, 0.2) is 5.95 Å². The van der Waals surface area contributed by atoms with Gasteiger partial charge in [0, 0.05) is 60.2 Å². The standard InChI is InChI=1S/C25H29N7O.C15H14N4O.C15H23N3O2.ClH/c26-25-28-17-22(29-25)9-5-2-6-10-23-18-32(31-30-23)16-15-27-24(33)21-13-11-20(12-14-21)19-7-3-1-4-8-19;16-19-18-11-10-17-15(20)14-8-6-13(7-9-14)12-4-2-1-3-5-12;1-5-6-7-8-9-10-12-11-18(13(16)17-12)14(19)20-15(2,3)4;/h1,3-4,7-8,11-14,17-18H,2,5-6,9-10,15-16H2,(H,27,33)(H3,26,28,29);1-9H,10-11H2,(H,17,20);1,11H,6-10H2,2-4H3,(H2,16,17);1H. The lowest BCUT2D eigenvalue weighted by atomic mass is 10.0. The average molecular weight is 1020 g/mol. The lowest BCUT2D eigenvalue weighted by Crippen LogP contribution is -2.27. The van der Waals surface area contributed by atoms with E-state index in [0.29, 0.717) is 36.7 Å². The molecule has 0 aliphatic heterocycles. The third-order valence-electron chi connectivity index (χ3n) is 10.9. The van der Waals surface area contributed by atoms with Crippen LogP contribution in [0.2, 0.25) is 0 Å². The highest BCUT2D eigenvalue weighted by atomic mass is 35.5. The Balaban J connectivity index is 0.000000252. The number of aromatic amines is 1. The quantitative estimate of drug-likeness (QED) is 0.0149. The number of nitrogens with two attached hydrogens (primary N) is 2. The van der Waals surface area contributed by atoms with Crippen LogP contribution in [-0.2, 0) is 30.5 Å². The van der Waals surface area contributed by atoms with E-state index in [1.807, 2.05) is 112 Å². The number of nitrogens with one attached hydrogen (secondary N) is 3. The van der Waals surface area contributed by atoms with E-state index in [0.717, 1.165) is 104 Å². The van der Waals surface area contributed by atoms with Crippen molar-refractivity contribution in [2.45, 2.75) is 97.1 Å². The Morgan fingerprint density at radius 2 is 1.28 bits per heavy atom. The molecule has 7 aromatic rings. The number of H-pyrrole nitrogens is 1. The summed E-state index contributed by atoms with van der Waals surface area (Å²) in [7, 11) is 0. The summed E-state index contributed by atoms with van der Waals surface area (Å²) >= 11 is 0. The molecule has 0 spiro atoms. The van der Waals surface area contributed by atoms with Gasteiger partial charge in [0.05, 0.1) is 24.1 Å². The summed E-state index contributed by atoms with van der Waals surface area (Å²) in [6, 6.07) is 35.1. The number of halogens is 1. The minimum absolute atomic E-state index is 0. The highest BCUT2D eigenvalue weighted by Crippen LogP contribution is 2.21. The van der Waals surface area contributed by atoms with Gasteiger partial charge in [-0.15, -0.1) is 29.8 Å². The van der Waals surface area contributed by atoms with Gasteiger partial charge in [-0.2, -0.15) is 0 Å². The fraction of sp³-hybridized carbons (Fsp3) is 0.327. The Morgan fingerprint density at radius 3 is 1.82 bits per heavy atom. The van der Waals surface area contributed by atoms with Crippen molar-refractivity contribution in [2.75, 3.05) is 31.1 Å². The molecule has 0 aliphatic carbocycles. The molecule has 0 saturated carbocycles. The lowest BCUT2D eigenvalue weighted by Gasteiger charge is -2.19. The summed E-state index contributed by atoms with van der Waals surface area (Å²) < 4.78 is 8.29. The highest BCUT2D eigenvalue weighted by molar-refractivity contribution is 5.95. The number of aryl methyl sites for hydroxylation is 3. The molecule has 2 amide bonds. The van der Waals surface area contributed by atoms with E-state index < -0.39 is 11.7 Å². The van der Waals surface area contributed by atoms with Crippen molar-refractivity contribution in [3.05, 3.63) is 166 Å². The molecule has 0 saturated heterocycles. The van der Waals surface area contributed by atoms with Crippen LogP contribution >= 0.6 is 12.4 Å². The maximum absolute atomic E-state index is 12.4. The second-order valence-electron chi connectivity index (χ2n) is 17.9. The van der Waals surface area contributed by atoms with Gasteiger partial charge in [0.2, 0.25) is 5.95 Å². The van der Waals surface area contributed by atoms with Gasteiger partial charge in [-0.05, 0) is 118 Å². The molecule has 388 valence electrons. The fourth-order valence-electron chi connectivity index (χ4n) is 7.24. The zero-order valence-corrected chi connectivity index (χ0v) is 43.1. The number of carbonyl (C=O) groups excluding carboxylic acids is 3. The molecule has 0 atom stereocenters. The van der Waals surface area contributed by atoms with Crippen LogP contribution in [0.15, 0.2) is 133 Å². The number of azide groups is 1. The van der Waals surface area contributed by atoms with Crippen molar-refractivity contribution < 1.29 is 19.1 Å². The van der Waals surface area contributed by atoms with Crippen LogP contribution in [0.4, 0.5) is 16.7 Å². The number of hydrogen-bond donors (Lipinski definition) is 5. The number of benzene rings is 4. The zero-order valence-electron chi connectivity index (χ0n) is 42.3. The molecule has 3 heterocycles. The summed E-state index contributed by atoms with van der Waals surface area (Å²) in [4.78, 5) is 50.0. The predicted molar refractivity (Wildman–Crippen MR) is 293 cm³/mol. The SMILES string of the molecule is C#CCCCCCc1cn(C(=O)OC(C)(C)C)c(N)n1.Cl.Nc1ncc(CCCCCc2cn(CCNC(=O)c3ccc(-c4ccccc4)cc3)nn2)[nH]1.[N-]=[N+]=NCCNC(=O)c1ccc(-c2ccccc2)cc1. The summed E-state index contributed by atoms with van der Waals surface area (Å²) in [5.41, 5.74) is 27.4. The molecule has 0 aliphatic rings. The zero-order chi connectivity index (χ0) is 52.3. The maximum Gasteiger partial charge on any atom is 0.421 e. The topological polar surface area (TPSA) is 263 Å². The molecule has 0 fully saturated rings. The number of terminal acetylenes is 1. The van der Waals surface area contributed by atoms with E-state index in [9.17, 15) is 14.4 Å². The molecule has 19 heteroatoms. The Labute approximate surface area is 439 Å². The van der Waals surface area contributed by atoms with Gasteiger partial charge >= 0.3 is 6.09 Å². The van der Waals surface area contributed by atoms with Gasteiger partial charge in [-0.25, -0.2) is 19.3 Å². The molecule has 0 radical (unpaired) electrons. The number of hydrogen-bond acceptors (Lipinski definition) is 11. The highest BCUT2D eigenvalue weighted by Gasteiger charge is 2.20. The van der Waals surface area contributed by atoms with Gasteiger partial charge in [0.1, 0.15) is 5.60 Å². The first-order valence-electron chi connectivity index (χ1n) is 24.4. The number of amides is 2. The number of nitrogens with zero attached hydrogens (tertiary/aromatic N) is 9. The van der Waals surface area contributed by atoms with Crippen LogP contribution < -0.4 is 22.1 Å². The van der Waals surface area contributed by atoms with Crippen LogP contribution in [0.1, 0.15) is 104 Å². The Kier molecular flexibility index (Phi) is 24.5. The number of carbonyl (C=O) groups is 3. The van der Waals surface area contributed by atoms with E-state index in [1.165, 1.54) is 4.57 Å². The molecule has 74 heavy (non-hydrogen) atoms. The van der Waals surface area contributed by atoms with Crippen LogP contribution in [0.5, 0.6) is 0 Å². The van der Waals surface area contributed by atoms with Gasteiger partial charge in [0.25, 0.3) is 11.8 Å². The number of unbranched alkanes of at least 4 members (excludes halogenated alkanes) is 5. The van der Waals surface area contributed by atoms with Crippen molar-refractivity contribution >= 4 is 42.2 Å². The van der Waals surface area contributed by atoms with Crippen molar-refractivity contribution in [2.24, 2.45) is 5.11 Å². The van der Waals surface area contributed by atoms with E-state index in [-0.39, 0.29) is 36.7 Å². The minimum atomic E-state index is -0.552. The number of rotatable bonds is 21. The Bertz CT molecular complexity index is 2860. The van der Waals surface area contributed by atoms with Gasteiger partial charge in [-0.3, -0.25) is 14.3 Å². The predicted octanol–water partition coefficient (Wildman–Crippen LogP) is 10.4. The molecule has 7 rings (SSSR count). The van der Waals surface area contributed by atoms with Crippen LogP contribution in [0.3, 0.4) is 0 Å². The smallest absolute Gasteiger partial charge is 0.421 e. The number of ether oxygens (including phenoxy) is 1. The minimum Gasteiger partial charge on any atom is -0.443 e. The van der Waals surface area contributed by atoms with Crippen LogP contribution in [-0.4, -0.2) is 77.7 Å². The lowest BCUT2D eigenvalue weighted by molar-refractivity contribution is 0.0540. The van der Waals surface area contributed by atoms with E-state index in [4.69, 9.17) is 28.2 Å². The molecule has 7 N–H and O–H groups in total. The second-order valence-corrected chi connectivity index (χ2v) is 17.9. The first-order chi connectivity index (χ1) is 35.3. The summed E-state index contributed by atoms with van der Waals surface area (Å²) in [5, 5.41) is 17.4. The summed E-state index contributed by atoms with van der Waals surface area (Å²) in [6.45, 7) is 7.10. The molecular weight excluding hydrogens is 956 g/mol. The van der Waals surface area contributed by atoms with Gasteiger partial charge in [-0.1, -0.05) is 108 Å². The number of nitrogen functional groups attached to an aromatic ring is 2. The molecule has 0 bridgehead atoms. The molecular formula is C55H67ClN14O4.